The van der Waals surface area contributed by atoms with E-state index < -0.39 is 17.9 Å². The van der Waals surface area contributed by atoms with Gasteiger partial charge < -0.3 is 29.4 Å². The van der Waals surface area contributed by atoms with E-state index in [0.29, 0.717) is 5.56 Å². The summed E-state index contributed by atoms with van der Waals surface area (Å²) in [5.74, 6) is -1.79. The fraction of sp³-hybridized carbons (Fsp3) is 0.350. The number of rotatable bonds is 7. The molecule has 1 heterocycles. The largest absolute Gasteiger partial charge is 0.493 e. The zero-order valence-corrected chi connectivity index (χ0v) is 17.7. The lowest BCUT2D eigenvalue weighted by Gasteiger charge is -2.27. The van der Waals surface area contributed by atoms with E-state index in [-0.39, 0.29) is 52.5 Å². The van der Waals surface area contributed by atoms with E-state index in [1.807, 2.05) is 6.07 Å². The van der Waals surface area contributed by atoms with E-state index in [1.165, 1.54) is 26.4 Å². The Morgan fingerprint density at radius 1 is 1.33 bits per heavy atom. The van der Waals surface area contributed by atoms with Crippen molar-refractivity contribution in [3.05, 3.63) is 45.5 Å². The predicted octanol–water partition coefficient (Wildman–Crippen LogP) is 2.55. The highest BCUT2D eigenvalue weighted by atomic mass is 35.5. The number of carbonyl (C=O) groups excluding carboxylic acids is 2. The molecule has 0 aliphatic carbocycles. The van der Waals surface area contributed by atoms with E-state index in [2.05, 4.69) is 4.74 Å². The molecule has 0 amide bonds. The number of methoxy groups -OCH3 is 2. The van der Waals surface area contributed by atoms with Crippen molar-refractivity contribution in [2.24, 2.45) is 5.73 Å². The van der Waals surface area contributed by atoms with Crippen molar-refractivity contribution in [3.8, 4) is 17.6 Å². The topological polar surface area (TPSA) is 130 Å². The van der Waals surface area contributed by atoms with E-state index in [4.69, 9.17) is 36.3 Å². The summed E-state index contributed by atoms with van der Waals surface area (Å²) in [7, 11) is 2.61. The van der Waals surface area contributed by atoms with E-state index in [0.717, 1.165) is 0 Å². The van der Waals surface area contributed by atoms with Crippen LogP contribution in [0.25, 0.3) is 0 Å². The fourth-order valence-corrected chi connectivity index (χ4v) is 3.20. The van der Waals surface area contributed by atoms with Crippen LogP contribution in [0.2, 0.25) is 5.02 Å². The van der Waals surface area contributed by atoms with Gasteiger partial charge in [-0.3, -0.25) is 0 Å². The molecule has 1 aromatic rings. The minimum Gasteiger partial charge on any atom is -0.493 e. The monoisotopic (exact) mass is 436 g/mol. The molecule has 1 aromatic carbocycles. The van der Waals surface area contributed by atoms with Crippen LogP contribution in [0.5, 0.6) is 11.5 Å². The molecule has 10 heteroatoms. The third kappa shape index (κ3) is 4.60. The Labute approximate surface area is 178 Å². The summed E-state index contributed by atoms with van der Waals surface area (Å²) in [5.41, 5.74) is 6.44. The van der Waals surface area contributed by atoms with Gasteiger partial charge in [-0.2, -0.15) is 5.26 Å². The molecular formula is C20H21ClN2O7. The average Bonchev–Trinajstić information content (AvgIpc) is 2.71. The normalized spacial score (nSPS) is 15.8. The number of allylic oxidation sites excluding steroid dienone is 2. The molecule has 2 N–H and O–H groups in total. The Bertz CT molecular complexity index is 963. The first-order chi connectivity index (χ1) is 14.3. The Balaban J connectivity index is 2.61. The van der Waals surface area contributed by atoms with Gasteiger partial charge in [-0.05, 0) is 31.5 Å². The molecule has 160 valence electrons. The Hall–Kier alpha value is -3.38. The smallest absolute Gasteiger partial charge is 0.343 e. The summed E-state index contributed by atoms with van der Waals surface area (Å²) in [6.07, 6.45) is 0. The van der Waals surface area contributed by atoms with Crippen LogP contribution < -0.4 is 15.2 Å². The number of hydrogen-bond donors (Lipinski definition) is 1. The van der Waals surface area contributed by atoms with Gasteiger partial charge in [0.05, 0.1) is 37.3 Å². The van der Waals surface area contributed by atoms with Crippen molar-refractivity contribution in [2.75, 3.05) is 27.4 Å². The van der Waals surface area contributed by atoms with E-state index in [1.54, 1.807) is 13.8 Å². The standard InChI is InChI=1S/C20H21ClN2O7/c1-5-28-20(25)16-10(2)30-19(23)12(8-22)17(16)11-6-13(21)18(14(7-11)26-3)29-9-15(24)27-4/h6-7,17H,5,9,23H2,1-4H3. The highest BCUT2D eigenvalue weighted by molar-refractivity contribution is 6.32. The van der Waals surface area contributed by atoms with Gasteiger partial charge in [-0.1, -0.05) is 11.6 Å². The third-order valence-corrected chi connectivity index (χ3v) is 4.53. The van der Waals surface area contributed by atoms with Crippen LogP contribution in [0.3, 0.4) is 0 Å². The van der Waals surface area contributed by atoms with Crippen LogP contribution in [0.1, 0.15) is 25.3 Å². The maximum Gasteiger partial charge on any atom is 0.343 e. The molecule has 1 atom stereocenters. The van der Waals surface area contributed by atoms with Crippen molar-refractivity contribution in [1.82, 2.24) is 0 Å². The van der Waals surface area contributed by atoms with Crippen LogP contribution in [0.4, 0.5) is 0 Å². The summed E-state index contributed by atoms with van der Waals surface area (Å²) in [5, 5.41) is 9.74. The first-order valence-electron chi connectivity index (χ1n) is 8.81. The fourth-order valence-electron chi connectivity index (χ4n) is 2.92. The molecule has 0 radical (unpaired) electrons. The van der Waals surface area contributed by atoms with Gasteiger partial charge in [0, 0.05) is 0 Å². The van der Waals surface area contributed by atoms with Crippen molar-refractivity contribution < 1.29 is 33.3 Å². The number of nitriles is 1. The molecule has 0 spiro atoms. The maximum absolute atomic E-state index is 12.6. The number of halogens is 1. The van der Waals surface area contributed by atoms with Crippen molar-refractivity contribution in [2.45, 2.75) is 19.8 Å². The zero-order valence-electron chi connectivity index (χ0n) is 16.9. The highest BCUT2D eigenvalue weighted by Gasteiger charge is 2.37. The second-order valence-corrected chi connectivity index (χ2v) is 6.42. The lowest BCUT2D eigenvalue weighted by molar-refractivity contribution is -0.143. The number of esters is 2. The molecule has 0 saturated carbocycles. The number of hydrogen-bond acceptors (Lipinski definition) is 9. The van der Waals surface area contributed by atoms with Crippen LogP contribution >= 0.6 is 11.6 Å². The minimum absolute atomic E-state index is 0.0185. The van der Waals surface area contributed by atoms with Crippen molar-refractivity contribution in [3.63, 3.8) is 0 Å². The van der Waals surface area contributed by atoms with E-state index >= 15 is 0 Å². The minimum atomic E-state index is -0.899. The van der Waals surface area contributed by atoms with E-state index in [9.17, 15) is 14.9 Å². The first-order valence-corrected chi connectivity index (χ1v) is 9.19. The molecule has 2 rings (SSSR count). The van der Waals surface area contributed by atoms with Gasteiger partial charge in [0.25, 0.3) is 0 Å². The molecule has 1 unspecified atom stereocenters. The van der Waals surface area contributed by atoms with Gasteiger partial charge >= 0.3 is 11.9 Å². The van der Waals surface area contributed by atoms with Gasteiger partial charge in [0.2, 0.25) is 5.88 Å². The molecule has 0 fully saturated rings. The summed E-state index contributed by atoms with van der Waals surface area (Å²) >= 11 is 6.36. The van der Waals surface area contributed by atoms with Crippen LogP contribution in [-0.2, 0) is 23.8 Å². The lowest BCUT2D eigenvalue weighted by atomic mass is 9.83. The number of ether oxygens (including phenoxy) is 5. The van der Waals surface area contributed by atoms with Crippen molar-refractivity contribution >= 4 is 23.5 Å². The Kier molecular flexibility index (Phi) is 7.55. The first kappa shape index (κ1) is 22.9. The molecule has 0 bridgehead atoms. The molecule has 0 aromatic heterocycles. The third-order valence-electron chi connectivity index (χ3n) is 4.25. The molecular weight excluding hydrogens is 416 g/mol. The van der Waals surface area contributed by atoms with Gasteiger partial charge in [0.1, 0.15) is 17.4 Å². The van der Waals surface area contributed by atoms with Crippen molar-refractivity contribution in [1.29, 1.82) is 5.26 Å². The highest BCUT2D eigenvalue weighted by Crippen LogP contribution is 2.44. The number of nitrogens with two attached hydrogens (primary N) is 1. The zero-order chi connectivity index (χ0) is 22.4. The molecule has 0 saturated heterocycles. The molecule has 9 nitrogen and oxygen atoms in total. The number of carbonyl (C=O) groups is 2. The van der Waals surface area contributed by atoms with Crippen LogP contribution in [0, 0.1) is 11.3 Å². The molecule has 1 aliphatic heterocycles. The lowest BCUT2D eigenvalue weighted by Crippen LogP contribution is -2.25. The average molecular weight is 437 g/mol. The Morgan fingerprint density at radius 3 is 2.60 bits per heavy atom. The molecule has 30 heavy (non-hydrogen) atoms. The predicted molar refractivity (Wildman–Crippen MR) is 106 cm³/mol. The number of benzene rings is 1. The van der Waals surface area contributed by atoms with Gasteiger partial charge in [-0.25, -0.2) is 9.59 Å². The van der Waals surface area contributed by atoms with Gasteiger partial charge in [-0.15, -0.1) is 0 Å². The quantitative estimate of drug-likeness (QED) is 0.640. The summed E-state index contributed by atoms with van der Waals surface area (Å²) in [4.78, 5) is 24.0. The second-order valence-electron chi connectivity index (χ2n) is 6.01. The SMILES string of the molecule is CCOC(=O)C1=C(C)OC(N)=C(C#N)C1c1cc(Cl)c(OCC(=O)OC)c(OC)c1. The molecule has 1 aliphatic rings. The summed E-state index contributed by atoms with van der Waals surface area (Å²) in [6, 6.07) is 5.00. The number of nitrogens with zero attached hydrogens (tertiary/aromatic N) is 1. The summed E-state index contributed by atoms with van der Waals surface area (Å²) < 4.78 is 25.8. The van der Waals surface area contributed by atoms with Gasteiger partial charge in [0.15, 0.2) is 18.1 Å². The second kappa shape index (κ2) is 9.89. The van der Waals surface area contributed by atoms with Crippen LogP contribution in [-0.4, -0.2) is 39.4 Å². The van der Waals surface area contributed by atoms with Crippen LogP contribution in [0.15, 0.2) is 34.9 Å². The summed E-state index contributed by atoms with van der Waals surface area (Å²) in [6.45, 7) is 2.96. The Morgan fingerprint density at radius 2 is 2.03 bits per heavy atom. The maximum atomic E-state index is 12.6.